The van der Waals surface area contributed by atoms with E-state index >= 15 is 0 Å². The summed E-state index contributed by atoms with van der Waals surface area (Å²) in [6.45, 7) is 1.76. The van der Waals surface area contributed by atoms with Crippen molar-refractivity contribution in [3.05, 3.63) is 52.8 Å². The second kappa shape index (κ2) is 6.23. The number of rotatable bonds is 3. The number of aromatic carboxylic acids is 1. The Labute approximate surface area is 125 Å². The second-order valence-corrected chi connectivity index (χ2v) is 4.62. The molecule has 0 radical (unpaired) electrons. The molecule has 0 saturated heterocycles. The third-order valence-corrected chi connectivity index (χ3v) is 3.05. The van der Waals surface area contributed by atoms with Gasteiger partial charge in [-0.25, -0.2) is 9.59 Å². The van der Waals surface area contributed by atoms with Crippen LogP contribution in [0.3, 0.4) is 0 Å². The van der Waals surface area contributed by atoms with E-state index in [0.29, 0.717) is 11.4 Å². The van der Waals surface area contributed by atoms with Gasteiger partial charge in [0.05, 0.1) is 27.7 Å². The molecule has 1 aromatic heterocycles. The Morgan fingerprint density at radius 3 is 2.57 bits per heavy atom. The van der Waals surface area contributed by atoms with Crippen LogP contribution in [0.5, 0.6) is 0 Å². The van der Waals surface area contributed by atoms with Crippen molar-refractivity contribution in [3.63, 3.8) is 0 Å². The number of carboxylic acid groups (broad SMARTS) is 1. The number of aryl methyl sites for hydroxylation is 1. The lowest BCUT2D eigenvalue weighted by molar-refractivity contribution is 0.0697. The highest BCUT2D eigenvalue weighted by Gasteiger charge is 2.11. The zero-order valence-corrected chi connectivity index (χ0v) is 11.8. The molecule has 0 fully saturated rings. The molecule has 1 heterocycles. The number of hydrogen-bond acceptors (Lipinski definition) is 3. The van der Waals surface area contributed by atoms with Crippen LogP contribution < -0.4 is 10.6 Å². The van der Waals surface area contributed by atoms with E-state index < -0.39 is 12.0 Å². The first-order valence-electron chi connectivity index (χ1n) is 6.00. The maximum Gasteiger partial charge on any atom is 0.335 e. The molecule has 0 atom stereocenters. The monoisotopic (exact) mass is 305 g/mol. The van der Waals surface area contributed by atoms with Crippen molar-refractivity contribution >= 4 is 35.0 Å². The van der Waals surface area contributed by atoms with Gasteiger partial charge in [-0.1, -0.05) is 11.6 Å². The van der Waals surface area contributed by atoms with Crippen LogP contribution in [0.4, 0.5) is 16.2 Å². The number of nitrogens with one attached hydrogen (secondary N) is 2. The fourth-order valence-corrected chi connectivity index (χ4v) is 1.81. The van der Waals surface area contributed by atoms with Crippen molar-refractivity contribution in [1.29, 1.82) is 0 Å². The van der Waals surface area contributed by atoms with Crippen LogP contribution in [0.2, 0.25) is 5.02 Å². The second-order valence-electron chi connectivity index (χ2n) is 4.22. The van der Waals surface area contributed by atoms with Crippen LogP contribution in [0, 0.1) is 6.92 Å². The molecule has 7 heteroatoms. The first-order valence-corrected chi connectivity index (χ1v) is 6.37. The van der Waals surface area contributed by atoms with Gasteiger partial charge in [0.2, 0.25) is 0 Å². The van der Waals surface area contributed by atoms with Gasteiger partial charge < -0.3 is 15.7 Å². The average molecular weight is 306 g/mol. The summed E-state index contributed by atoms with van der Waals surface area (Å²) < 4.78 is 0. The van der Waals surface area contributed by atoms with Gasteiger partial charge in [-0.3, -0.25) is 4.98 Å². The molecule has 2 aromatic rings. The summed E-state index contributed by atoms with van der Waals surface area (Å²) in [7, 11) is 0. The van der Waals surface area contributed by atoms with E-state index in [-0.39, 0.29) is 16.3 Å². The van der Waals surface area contributed by atoms with E-state index in [9.17, 15) is 9.59 Å². The molecule has 0 aliphatic rings. The van der Waals surface area contributed by atoms with Crippen LogP contribution in [0.25, 0.3) is 0 Å². The molecular formula is C14H12ClN3O3. The van der Waals surface area contributed by atoms with Crippen molar-refractivity contribution in [2.45, 2.75) is 6.92 Å². The van der Waals surface area contributed by atoms with E-state index in [1.54, 1.807) is 25.3 Å². The number of pyridine rings is 1. The standard InChI is InChI=1S/C14H12ClN3O3/c1-8-11(3-2-6-16-8)17-14(21)18-12-7-9(13(19)20)4-5-10(12)15/h2-7H,1H3,(H,19,20)(H2,17,18,21). The molecule has 2 amide bonds. The van der Waals surface area contributed by atoms with Crippen molar-refractivity contribution in [3.8, 4) is 0 Å². The molecule has 108 valence electrons. The molecule has 0 aliphatic carbocycles. The molecule has 3 N–H and O–H groups in total. The number of urea groups is 1. The number of hydrogen-bond donors (Lipinski definition) is 3. The zero-order valence-electron chi connectivity index (χ0n) is 11.1. The van der Waals surface area contributed by atoms with Crippen molar-refractivity contribution in [2.24, 2.45) is 0 Å². The number of nitrogens with zero attached hydrogens (tertiary/aromatic N) is 1. The van der Waals surface area contributed by atoms with E-state index in [1.807, 2.05) is 0 Å². The lowest BCUT2D eigenvalue weighted by Crippen LogP contribution is -2.20. The van der Waals surface area contributed by atoms with E-state index in [0.717, 1.165) is 0 Å². The minimum atomic E-state index is -1.10. The number of aromatic nitrogens is 1. The first-order chi connectivity index (χ1) is 9.97. The van der Waals surface area contributed by atoms with Crippen LogP contribution in [0.15, 0.2) is 36.5 Å². The highest BCUT2D eigenvalue weighted by molar-refractivity contribution is 6.34. The van der Waals surface area contributed by atoms with Crippen LogP contribution in [-0.4, -0.2) is 22.1 Å². The molecule has 0 aliphatic heterocycles. The Morgan fingerprint density at radius 2 is 1.90 bits per heavy atom. The van der Waals surface area contributed by atoms with Crippen LogP contribution in [-0.2, 0) is 0 Å². The summed E-state index contributed by atoms with van der Waals surface area (Å²) in [5.41, 5.74) is 1.47. The van der Waals surface area contributed by atoms with Crippen LogP contribution in [0.1, 0.15) is 16.1 Å². The number of carbonyl (C=O) groups is 2. The summed E-state index contributed by atoms with van der Waals surface area (Å²) in [5.74, 6) is -1.10. The topological polar surface area (TPSA) is 91.3 Å². The number of halogens is 1. The predicted molar refractivity (Wildman–Crippen MR) is 80.0 cm³/mol. The lowest BCUT2D eigenvalue weighted by Gasteiger charge is -2.10. The van der Waals surface area contributed by atoms with E-state index in [1.165, 1.54) is 18.2 Å². The first kappa shape index (κ1) is 14.8. The zero-order chi connectivity index (χ0) is 15.4. The van der Waals surface area contributed by atoms with Gasteiger partial charge >= 0.3 is 12.0 Å². The van der Waals surface area contributed by atoms with Gasteiger partial charge in [0, 0.05) is 6.20 Å². The van der Waals surface area contributed by atoms with Crippen molar-refractivity contribution in [1.82, 2.24) is 4.98 Å². The predicted octanol–water partition coefficient (Wildman–Crippen LogP) is 3.39. The molecule has 2 rings (SSSR count). The summed E-state index contributed by atoms with van der Waals surface area (Å²) in [4.78, 5) is 26.9. The Balaban J connectivity index is 2.15. The quantitative estimate of drug-likeness (QED) is 0.810. The number of carbonyl (C=O) groups excluding carboxylic acids is 1. The number of benzene rings is 1. The summed E-state index contributed by atoms with van der Waals surface area (Å²) in [6.07, 6.45) is 1.62. The molecule has 21 heavy (non-hydrogen) atoms. The average Bonchev–Trinajstić information content (AvgIpc) is 2.43. The van der Waals surface area contributed by atoms with Crippen molar-refractivity contribution in [2.75, 3.05) is 10.6 Å². The third kappa shape index (κ3) is 3.70. The molecular weight excluding hydrogens is 294 g/mol. The molecule has 1 aromatic carbocycles. The maximum absolute atomic E-state index is 11.9. The van der Waals surface area contributed by atoms with Gasteiger partial charge in [-0.15, -0.1) is 0 Å². The smallest absolute Gasteiger partial charge is 0.335 e. The fourth-order valence-electron chi connectivity index (χ4n) is 1.65. The molecule has 0 unspecified atom stereocenters. The molecule has 0 bridgehead atoms. The number of anilines is 2. The Hall–Kier alpha value is -2.60. The Morgan fingerprint density at radius 1 is 1.19 bits per heavy atom. The Bertz CT molecular complexity index is 704. The highest BCUT2D eigenvalue weighted by atomic mass is 35.5. The minimum absolute atomic E-state index is 0.0345. The van der Waals surface area contributed by atoms with E-state index in [4.69, 9.17) is 16.7 Å². The van der Waals surface area contributed by atoms with Gasteiger partial charge in [0.25, 0.3) is 0 Å². The largest absolute Gasteiger partial charge is 0.478 e. The molecule has 6 nitrogen and oxygen atoms in total. The summed E-state index contributed by atoms with van der Waals surface area (Å²) >= 11 is 5.93. The number of amides is 2. The normalized spacial score (nSPS) is 10.0. The SMILES string of the molecule is Cc1ncccc1NC(=O)Nc1cc(C(=O)O)ccc1Cl. The van der Waals surface area contributed by atoms with Gasteiger partial charge in [-0.05, 0) is 37.3 Å². The highest BCUT2D eigenvalue weighted by Crippen LogP contribution is 2.23. The Kier molecular flexibility index (Phi) is 4.39. The van der Waals surface area contributed by atoms with Gasteiger partial charge in [-0.2, -0.15) is 0 Å². The van der Waals surface area contributed by atoms with Crippen LogP contribution >= 0.6 is 11.6 Å². The van der Waals surface area contributed by atoms with Crippen molar-refractivity contribution < 1.29 is 14.7 Å². The van der Waals surface area contributed by atoms with E-state index in [2.05, 4.69) is 15.6 Å². The number of carboxylic acids is 1. The van der Waals surface area contributed by atoms with Gasteiger partial charge in [0.1, 0.15) is 0 Å². The maximum atomic E-state index is 11.9. The third-order valence-electron chi connectivity index (χ3n) is 2.72. The molecule has 0 spiro atoms. The minimum Gasteiger partial charge on any atom is -0.478 e. The molecule has 0 saturated carbocycles. The van der Waals surface area contributed by atoms with Gasteiger partial charge in [0.15, 0.2) is 0 Å². The fraction of sp³-hybridized carbons (Fsp3) is 0.0714. The lowest BCUT2D eigenvalue weighted by atomic mass is 10.2. The summed E-state index contributed by atoms with van der Waals surface area (Å²) in [5, 5.41) is 14.3. The summed E-state index contributed by atoms with van der Waals surface area (Å²) in [6, 6.07) is 6.93.